The van der Waals surface area contributed by atoms with Crippen molar-refractivity contribution in [3.8, 4) is 0 Å². The van der Waals surface area contributed by atoms with Crippen molar-refractivity contribution in [3.63, 3.8) is 0 Å². The minimum atomic E-state index is -0.229. The Morgan fingerprint density at radius 3 is 2.71 bits per heavy atom. The van der Waals surface area contributed by atoms with Gasteiger partial charge in [-0.25, -0.2) is 4.39 Å². The first-order valence-electron chi connectivity index (χ1n) is 5.87. The fourth-order valence-electron chi connectivity index (χ4n) is 1.98. The molecular formula is C14H17FN2. The van der Waals surface area contributed by atoms with Gasteiger partial charge in [0.1, 0.15) is 5.82 Å². The molecule has 0 bridgehead atoms. The van der Waals surface area contributed by atoms with Gasteiger partial charge in [0.25, 0.3) is 0 Å². The molecule has 0 amide bonds. The van der Waals surface area contributed by atoms with Crippen molar-refractivity contribution in [3.05, 3.63) is 35.8 Å². The van der Waals surface area contributed by atoms with Crippen molar-refractivity contribution >= 4 is 16.6 Å². The summed E-state index contributed by atoms with van der Waals surface area (Å²) in [7, 11) is 1.85. The molecule has 2 rings (SSSR count). The summed E-state index contributed by atoms with van der Waals surface area (Å²) in [6.45, 7) is 4.32. The monoisotopic (exact) mass is 232 g/mol. The average Bonchev–Trinajstić information content (AvgIpc) is 2.27. The molecule has 0 unspecified atom stereocenters. The molecule has 0 saturated heterocycles. The van der Waals surface area contributed by atoms with Gasteiger partial charge in [-0.05, 0) is 36.6 Å². The Labute approximate surface area is 101 Å². The van der Waals surface area contributed by atoms with Crippen LogP contribution in [0.1, 0.15) is 19.5 Å². The number of anilines is 1. The van der Waals surface area contributed by atoms with E-state index in [1.807, 2.05) is 13.1 Å². The SMILES string of the molecule is CNc1cc(CC(C)C)nc2ccc(F)cc12. The minimum absolute atomic E-state index is 0.229. The standard InChI is InChI=1S/C14H17FN2/c1-9(2)6-11-8-14(16-3)12-7-10(15)4-5-13(12)17-11/h4-5,7-9H,6H2,1-3H3,(H,16,17). The average molecular weight is 232 g/mol. The summed E-state index contributed by atoms with van der Waals surface area (Å²) in [6, 6.07) is 6.71. The molecule has 1 aromatic heterocycles. The molecule has 2 aromatic rings. The highest BCUT2D eigenvalue weighted by Crippen LogP contribution is 2.24. The highest BCUT2D eigenvalue weighted by molar-refractivity contribution is 5.91. The van der Waals surface area contributed by atoms with E-state index < -0.39 is 0 Å². The van der Waals surface area contributed by atoms with Gasteiger partial charge < -0.3 is 5.32 Å². The molecular weight excluding hydrogens is 215 g/mol. The second-order valence-electron chi connectivity index (χ2n) is 4.67. The highest BCUT2D eigenvalue weighted by Gasteiger charge is 2.07. The van der Waals surface area contributed by atoms with Crippen LogP contribution in [0.5, 0.6) is 0 Å². The molecule has 2 nitrogen and oxygen atoms in total. The minimum Gasteiger partial charge on any atom is -0.388 e. The lowest BCUT2D eigenvalue weighted by molar-refractivity contribution is 0.628. The third kappa shape index (κ3) is 2.54. The number of nitrogens with one attached hydrogen (secondary N) is 1. The van der Waals surface area contributed by atoms with E-state index in [0.717, 1.165) is 28.7 Å². The van der Waals surface area contributed by atoms with Crippen LogP contribution in [0.15, 0.2) is 24.3 Å². The summed E-state index contributed by atoms with van der Waals surface area (Å²) in [5.41, 5.74) is 2.82. The quantitative estimate of drug-likeness (QED) is 0.874. The third-order valence-corrected chi connectivity index (χ3v) is 2.71. The van der Waals surface area contributed by atoms with Crippen molar-refractivity contribution in [2.24, 2.45) is 5.92 Å². The molecule has 0 radical (unpaired) electrons. The molecule has 1 aromatic carbocycles. The van der Waals surface area contributed by atoms with Gasteiger partial charge in [-0.2, -0.15) is 0 Å². The smallest absolute Gasteiger partial charge is 0.124 e. The Morgan fingerprint density at radius 2 is 2.06 bits per heavy atom. The van der Waals surface area contributed by atoms with E-state index in [2.05, 4.69) is 24.1 Å². The summed E-state index contributed by atoms with van der Waals surface area (Å²) in [5, 5.41) is 3.94. The van der Waals surface area contributed by atoms with Crippen molar-refractivity contribution in [1.29, 1.82) is 0 Å². The zero-order chi connectivity index (χ0) is 12.4. The first kappa shape index (κ1) is 11.8. The number of benzene rings is 1. The second-order valence-corrected chi connectivity index (χ2v) is 4.67. The second kappa shape index (κ2) is 4.70. The first-order chi connectivity index (χ1) is 8.10. The van der Waals surface area contributed by atoms with E-state index in [1.54, 1.807) is 6.07 Å². The predicted molar refractivity (Wildman–Crippen MR) is 69.8 cm³/mol. The largest absolute Gasteiger partial charge is 0.388 e. The molecule has 0 aliphatic heterocycles. The zero-order valence-corrected chi connectivity index (χ0v) is 10.4. The summed E-state index contributed by atoms with van der Waals surface area (Å²) >= 11 is 0. The maximum atomic E-state index is 13.2. The summed E-state index contributed by atoms with van der Waals surface area (Å²) < 4.78 is 13.2. The molecule has 1 N–H and O–H groups in total. The number of pyridine rings is 1. The van der Waals surface area contributed by atoms with Crippen LogP contribution in [-0.4, -0.2) is 12.0 Å². The van der Waals surface area contributed by atoms with Crippen molar-refractivity contribution < 1.29 is 4.39 Å². The van der Waals surface area contributed by atoms with Gasteiger partial charge >= 0.3 is 0 Å². The summed E-state index contributed by atoms with van der Waals surface area (Å²) in [5.74, 6) is 0.331. The number of hydrogen-bond acceptors (Lipinski definition) is 2. The van der Waals surface area contributed by atoms with E-state index in [9.17, 15) is 4.39 Å². The number of rotatable bonds is 3. The van der Waals surface area contributed by atoms with Crippen LogP contribution in [0.4, 0.5) is 10.1 Å². The third-order valence-electron chi connectivity index (χ3n) is 2.71. The predicted octanol–water partition coefficient (Wildman–Crippen LogP) is 3.61. The van der Waals surface area contributed by atoms with Crippen molar-refractivity contribution in [1.82, 2.24) is 4.98 Å². The van der Waals surface area contributed by atoms with Crippen LogP contribution < -0.4 is 5.32 Å². The lowest BCUT2D eigenvalue weighted by Crippen LogP contribution is -2.00. The Hall–Kier alpha value is -1.64. The fourth-order valence-corrected chi connectivity index (χ4v) is 1.98. The van der Waals surface area contributed by atoms with Crippen LogP contribution in [0.3, 0.4) is 0 Å². The normalized spacial score (nSPS) is 11.1. The number of nitrogens with zero attached hydrogens (tertiary/aromatic N) is 1. The van der Waals surface area contributed by atoms with Crippen molar-refractivity contribution in [2.45, 2.75) is 20.3 Å². The zero-order valence-electron chi connectivity index (χ0n) is 10.4. The molecule has 0 aliphatic rings. The molecule has 3 heteroatoms. The Balaban J connectivity index is 2.58. The lowest BCUT2D eigenvalue weighted by atomic mass is 10.1. The fraction of sp³-hybridized carbons (Fsp3) is 0.357. The number of fused-ring (bicyclic) bond motifs is 1. The van der Waals surface area contributed by atoms with E-state index >= 15 is 0 Å². The molecule has 0 spiro atoms. The van der Waals surface area contributed by atoms with E-state index in [0.29, 0.717) is 5.92 Å². The van der Waals surface area contributed by atoms with Crippen LogP contribution in [0.25, 0.3) is 10.9 Å². The van der Waals surface area contributed by atoms with Gasteiger partial charge in [0.05, 0.1) is 5.52 Å². The molecule has 17 heavy (non-hydrogen) atoms. The van der Waals surface area contributed by atoms with E-state index in [4.69, 9.17) is 0 Å². The Morgan fingerprint density at radius 1 is 1.29 bits per heavy atom. The maximum Gasteiger partial charge on any atom is 0.124 e. The maximum absolute atomic E-state index is 13.2. The molecule has 0 aliphatic carbocycles. The van der Waals surface area contributed by atoms with Gasteiger partial charge in [-0.15, -0.1) is 0 Å². The van der Waals surface area contributed by atoms with Crippen molar-refractivity contribution in [2.75, 3.05) is 12.4 Å². The molecule has 0 atom stereocenters. The van der Waals surface area contributed by atoms with Gasteiger partial charge in [-0.3, -0.25) is 4.98 Å². The van der Waals surface area contributed by atoms with Crippen LogP contribution in [0.2, 0.25) is 0 Å². The summed E-state index contributed by atoms with van der Waals surface area (Å²) in [6.07, 6.45) is 0.933. The first-order valence-corrected chi connectivity index (χ1v) is 5.87. The molecule has 0 saturated carbocycles. The van der Waals surface area contributed by atoms with Crippen LogP contribution in [-0.2, 0) is 6.42 Å². The van der Waals surface area contributed by atoms with Crippen LogP contribution in [0, 0.1) is 11.7 Å². The number of hydrogen-bond donors (Lipinski definition) is 1. The van der Waals surface area contributed by atoms with Crippen LogP contribution >= 0.6 is 0 Å². The lowest BCUT2D eigenvalue weighted by Gasteiger charge is -2.10. The highest BCUT2D eigenvalue weighted by atomic mass is 19.1. The van der Waals surface area contributed by atoms with Gasteiger partial charge in [0, 0.05) is 23.8 Å². The topological polar surface area (TPSA) is 24.9 Å². The van der Waals surface area contributed by atoms with E-state index in [-0.39, 0.29) is 5.82 Å². The number of aromatic nitrogens is 1. The van der Waals surface area contributed by atoms with E-state index in [1.165, 1.54) is 12.1 Å². The van der Waals surface area contributed by atoms with Gasteiger partial charge in [0.2, 0.25) is 0 Å². The number of halogens is 1. The molecule has 1 heterocycles. The summed E-state index contributed by atoms with van der Waals surface area (Å²) in [4.78, 5) is 4.56. The Kier molecular flexibility index (Phi) is 3.27. The molecule has 0 fully saturated rings. The van der Waals surface area contributed by atoms with Gasteiger partial charge in [0.15, 0.2) is 0 Å². The molecule has 90 valence electrons. The van der Waals surface area contributed by atoms with Gasteiger partial charge in [-0.1, -0.05) is 13.8 Å². The Bertz CT molecular complexity index is 535.